The highest BCUT2D eigenvalue weighted by atomic mass is 16.5. The number of aliphatic imine (C=N–C) groups is 1. The second-order valence-corrected chi connectivity index (χ2v) is 5.85. The quantitative estimate of drug-likeness (QED) is 0.776. The zero-order valence-corrected chi connectivity index (χ0v) is 12.3. The van der Waals surface area contributed by atoms with Crippen LogP contribution < -0.4 is 0 Å². The van der Waals surface area contributed by atoms with E-state index in [9.17, 15) is 4.79 Å². The average molecular weight is 275 g/mol. The third-order valence-electron chi connectivity index (χ3n) is 3.37. The van der Waals surface area contributed by atoms with Crippen LogP contribution in [0.1, 0.15) is 38.3 Å². The second-order valence-electron chi connectivity index (χ2n) is 5.85. The van der Waals surface area contributed by atoms with Crippen molar-refractivity contribution in [2.45, 2.75) is 32.7 Å². The summed E-state index contributed by atoms with van der Waals surface area (Å²) in [5.41, 5.74) is 0.950. The number of ether oxygens (including phenoxy) is 2. The molecule has 0 aliphatic carbocycles. The van der Waals surface area contributed by atoms with Crippen LogP contribution in [0.4, 0.5) is 0 Å². The zero-order valence-electron chi connectivity index (χ0n) is 12.3. The molecule has 1 atom stereocenters. The monoisotopic (exact) mass is 275 g/mol. The van der Waals surface area contributed by atoms with Crippen LogP contribution >= 0.6 is 0 Å². The van der Waals surface area contributed by atoms with E-state index < -0.39 is 0 Å². The van der Waals surface area contributed by atoms with Crippen molar-refractivity contribution in [3.8, 4) is 0 Å². The summed E-state index contributed by atoms with van der Waals surface area (Å²) in [6.07, 6.45) is 1.01. The molecule has 0 fully saturated rings. The average Bonchev–Trinajstić information content (AvgIpc) is 2.86. The number of carbonyl (C=O) groups is 1. The van der Waals surface area contributed by atoms with E-state index in [-0.39, 0.29) is 17.4 Å². The van der Waals surface area contributed by atoms with Gasteiger partial charge in [-0.2, -0.15) is 0 Å². The van der Waals surface area contributed by atoms with Crippen LogP contribution in [0.2, 0.25) is 0 Å². The summed E-state index contributed by atoms with van der Waals surface area (Å²) in [4.78, 5) is 16.0. The van der Waals surface area contributed by atoms with Gasteiger partial charge in [0.2, 0.25) is 0 Å². The Morgan fingerprint density at radius 3 is 2.75 bits per heavy atom. The first-order valence-electron chi connectivity index (χ1n) is 6.81. The van der Waals surface area contributed by atoms with Crippen molar-refractivity contribution in [1.82, 2.24) is 0 Å². The van der Waals surface area contributed by atoms with Gasteiger partial charge in [-0.1, -0.05) is 44.2 Å². The molecule has 1 aliphatic rings. The highest BCUT2D eigenvalue weighted by molar-refractivity contribution is 5.79. The Hall–Kier alpha value is -1.84. The molecule has 20 heavy (non-hydrogen) atoms. The predicted octanol–water partition coefficient (Wildman–Crippen LogP) is 3.14. The first kappa shape index (κ1) is 14.6. The minimum Gasteiger partial charge on any atom is -0.478 e. The van der Waals surface area contributed by atoms with Gasteiger partial charge < -0.3 is 9.47 Å². The van der Waals surface area contributed by atoms with Crippen LogP contribution in [0.15, 0.2) is 35.3 Å². The molecular formula is C16H21NO3. The van der Waals surface area contributed by atoms with Gasteiger partial charge in [0.1, 0.15) is 12.6 Å². The highest BCUT2D eigenvalue weighted by Crippen LogP contribution is 2.31. The van der Waals surface area contributed by atoms with E-state index in [1.807, 2.05) is 32.0 Å². The number of esters is 1. The fourth-order valence-corrected chi connectivity index (χ4v) is 2.30. The molecule has 4 heteroatoms. The molecular weight excluding hydrogens is 254 g/mol. The second kappa shape index (κ2) is 6.07. The van der Waals surface area contributed by atoms with Gasteiger partial charge in [-0.25, -0.2) is 4.99 Å². The van der Waals surface area contributed by atoms with Gasteiger partial charge in [0, 0.05) is 6.42 Å². The number of benzene rings is 1. The number of methoxy groups -OCH3 is 1. The van der Waals surface area contributed by atoms with E-state index in [0.29, 0.717) is 19.4 Å². The molecule has 1 aliphatic heterocycles. The van der Waals surface area contributed by atoms with Gasteiger partial charge in [-0.15, -0.1) is 0 Å². The van der Waals surface area contributed by atoms with Crippen molar-refractivity contribution >= 4 is 11.9 Å². The number of carbonyl (C=O) groups excluding carboxylic acids is 1. The topological polar surface area (TPSA) is 47.9 Å². The Morgan fingerprint density at radius 2 is 2.10 bits per heavy atom. The number of rotatable bonds is 5. The molecule has 0 aromatic heterocycles. The van der Waals surface area contributed by atoms with E-state index in [2.05, 4.69) is 17.1 Å². The molecule has 0 spiro atoms. The molecule has 0 amide bonds. The maximum atomic E-state index is 11.4. The van der Waals surface area contributed by atoms with Crippen LogP contribution in [0.25, 0.3) is 0 Å². The SMILES string of the molecule is COC(=O)CC(C)(C)CC1=N[C@@H](c2ccccc2)CO1. The molecule has 0 unspecified atom stereocenters. The van der Waals surface area contributed by atoms with E-state index in [1.54, 1.807) is 0 Å². The Morgan fingerprint density at radius 1 is 1.40 bits per heavy atom. The molecule has 2 rings (SSSR count). The summed E-state index contributed by atoms with van der Waals surface area (Å²) in [5, 5.41) is 0. The number of hydrogen-bond acceptors (Lipinski definition) is 4. The zero-order chi connectivity index (χ0) is 14.6. The van der Waals surface area contributed by atoms with Gasteiger partial charge in [0.05, 0.1) is 13.5 Å². The summed E-state index contributed by atoms with van der Waals surface area (Å²) in [6, 6.07) is 10.2. The van der Waals surface area contributed by atoms with Gasteiger partial charge in [-0.3, -0.25) is 4.79 Å². The summed E-state index contributed by atoms with van der Waals surface area (Å²) in [6.45, 7) is 4.62. The van der Waals surface area contributed by atoms with E-state index >= 15 is 0 Å². The Bertz CT molecular complexity index is 494. The van der Waals surface area contributed by atoms with E-state index in [1.165, 1.54) is 7.11 Å². The van der Waals surface area contributed by atoms with Crippen molar-refractivity contribution in [1.29, 1.82) is 0 Å². The fraction of sp³-hybridized carbons (Fsp3) is 0.500. The molecule has 0 radical (unpaired) electrons. The van der Waals surface area contributed by atoms with Gasteiger partial charge in [0.15, 0.2) is 5.90 Å². The molecule has 1 aromatic rings. The molecule has 0 N–H and O–H groups in total. The minimum absolute atomic E-state index is 0.0696. The molecule has 0 saturated heterocycles. The lowest BCUT2D eigenvalue weighted by Crippen LogP contribution is -2.22. The van der Waals surface area contributed by atoms with E-state index in [0.717, 1.165) is 11.5 Å². The standard InChI is InChI=1S/C16H21NO3/c1-16(2,10-15(18)19-3)9-14-17-13(11-20-14)12-7-5-4-6-8-12/h4-8,13H,9-11H2,1-3H3/t13-/m1/s1. The largest absolute Gasteiger partial charge is 0.478 e. The summed E-state index contributed by atoms with van der Waals surface area (Å²) in [7, 11) is 1.41. The van der Waals surface area contributed by atoms with Crippen LogP contribution in [0, 0.1) is 5.41 Å². The van der Waals surface area contributed by atoms with Gasteiger partial charge in [-0.05, 0) is 11.0 Å². The van der Waals surface area contributed by atoms with E-state index in [4.69, 9.17) is 9.47 Å². The van der Waals surface area contributed by atoms with Crippen LogP contribution in [0.5, 0.6) is 0 Å². The molecule has 1 aromatic carbocycles. The Labute approximate surface area is 119 Å². The first-order valence-corrected chi connectivity index (χ1v) is 6.81. The predicted molar refractivity (Wildman–Crippen MR) is 77.6 cm³/mol. The smallest absolute Gasteiger partial charge is 0.306 e. The molecule has 108 valence electrons. The lowest BCUT2D eigenvalue weighted by molar-refractivity contribution is -0.142. The van der Waals surface area contributed by atoms with Crippen LogP contribution in [-0.4, -0.2) is 25.6 Å². The first-order chi connectivity index (χ1) is 9.50. The molecule has 4 nitrogen and oxygen atoms in total. The van der Waals surface area contributed by atoms with Gasteiger partial charge >= 0.3 is 5.97 Å². The summed E-state index contributed by atoms with van der Waals surface area (Å²) >= 11 is 0. The van der Waals surface area contributed by atoms with Crippen LogP contribution in [-0.2, 0) is 14.3 Å². The number of nitrogens with zero attached hydrogens (tertiary/aromatic N) is 1. The molecule has 0 bridgehead atoms. The third-order valence-corrected chi connectivity index (χ3v) is 3.37. The molecule has 1 heterocycles. The number of hydrogen-bond donors (Lipinski definition) is 0. The van der Waals surface area contributed by atoms with Crippen LogP contribution in [0.3, 0.4) is 0 Å². The van der Waals surface area contributed by atoms with Crippen molar-refractivity contribution < 1.29 is 14.3 Å². The minimum atomic E-state index is -0.211. The van der Waals surface area contributed by atoms with Gasteiger partial charge in [0.25, 0.3) is 0 Å². The molecule has 0 saturated carbocycles. The van der Waals surface area contributed by atoms with Crippen molar-refractivity contribution in [2.24, 2.45) is 10.4 Å². The summed E-state index contributed by atoms with van der Waals surface area (Å²) in [5.74, 6) is 0.529. The van der Waals surface area contributed by atoms with Crippen molar-refractivity contribution in [3.63, 3.8) is 0 Å². The Kier molecular flexibility index (Phi) is 4.42. The Balaban J connectivity index is 1.99. The van der Waals surface area contributed by atoms with Crippen molar-refractivity contribution in [2.75, 3.05) is 13.7 Å². The normalized spacial score (nSPS) is 18.4. The maximum Gasteiger partial charge on any atom is 0.306 e. The third kappa shape index (κ3) is 3.83. The fourth-order valence-electron chi connectivity index (χ4n) is 2.30. The lowest BCUT2D eigenvalue weighted by atomic mass is 9.85. The van der Waals surface area contributed by atoms with Crippen molar-refractivity contribution in [3.05, 3.63) is 35.9 Å². The summed E-state index contributed by atoms with van der Waals surface area (Å²) < 4.78 is 10.4. The maximum absolute atomic E-state index is 11.4. The highest BCUT2D eigenvalue weighted by Gasteiger charge is 2.29. The lowest BCUT2D eigenvalue weighted by Gasteiger charge is -2.22.